The molecule has 2 aliphatic rings. The molecule has 0 amide bonds. The van der Waals surface area contributed by atoms with E-state index in [2.05, 4.69) is 59.2 Å². The van der Waals surface area contributed by atoms with E-state index < -0.39 is 0 Å². The predicted octanol–water partition coefficient (Wildman–Crippen LogP) is 5.60. The first-order valence-electron chi connectivity index (χ1n) is 7.76. The zero-order valence-electron chi connectivity index (χ0n) is 13.7. The molecule has 0 saturated heterocycles. The van der Waals surface area contributed by atoms with E-state index >= 15 is 0 Å². The van der Waals surface area contributed by atoms with E-state index in [9.17, 15) is 4.79 Å². The van der Waals surface area contributed by atoms with Crippen molar-refractivity contribution in [3.63, 3.8) is 0 Å². The Hall–Kier alpha value is 0.460. The minimum absolute atomic E-state index is 0.0164. The molecule has 126 valence electrons. The Morgan fingerprint density at radius 2 is 1.95 bits per heavy atom. The molecule has 0 N–H and O–H groups in total. The van der Waals surface area contributed by atoms with Crippen LogP contribution in [0.3, 0.4) is 0 Å². The SMILES string of the molecule is C=C1C[C@H](OC(C)=O)[C@H](Br)C(C)(C)[C@@]12CC[C@](C)(Br)[C@@H](Cl)C2. The highest BCUT2D eigenvalue weighted by Crippen LogP contribution is 2.64. The average Bonchev–Trinajstić information content (AvgIpc) is 2.38. The number of carbonyl (C=O) groups is 1. The van der Waals surface area contributed by atoms with Crippen LogP contribution in [0.25, 0.3) is 0 Å². The highest BCUT2D eigenvalue weighted by molar-refractivity contribution is 9.10. The lowest BCUT2D eigenvalue weighted by atomic mass is 9.49. The van der Waals surface area contributed by atoms with Crippen LogP contribution in [0.4, 0.5) is 0 Å². The second-order valence-electron chi connectivity index (χ2n) is 7.61. The van der Waals surface area contributed by atoms with Gasteiger partial charge >= 0.3 is 5.97 Å². The number of hydrogen-bond donors (Lipinski definition) is 0. The molecule has 0 radical (unpaired) electrons. The smallest absolute Gasteiger partial charge is 0.302 e. The summed E-state index contributed by atoms with van der Waals surface area (Å²) in [4.78, 5) is 11.5. The molecule has 2 fully saturated rings. The van der Waals surface area contributed by atoms with Gasteiger partial charge in [-0.15, -0.1) is 11.6 Å². The van der Waals surface area contributed by atoms with Crippen LogP contribution in [0, 0.1) is 10.8 Å². The maximum absolute atomic E-state index is 11.4. The van der Waals surface area contributed by atoms with Crippen molar-refractivity contribution in [2.45, 2.75) is 74.0 Å². The first-order valence-corrected chi connectivity index (χ1v) is 9.91. The fraction of sp³-hybridized carbons (Fsp3) is 0.824. The summed E-state index contributed by atoms with van der Waals surface area (Å²) in [7, 11) is 0. The van der Waals surface area contributed by atoms with Gasteiger partial charge in [0.15, 0.2) is 0 Å². The summed E-state index contributed by atoms with van der Waals surface area (Å²) in [6.07, 6.45) is 3.52. The second kappa shape index (κ2) is 6.07. The molecule has 0 aliphatic heterocycles. The average molecular weight is 457 g/mol. The van der Waals surface area contributed by atoms with Crippen molar-refractivity contribution in [1.82, 2.24) is 0 Å². The third-order valence-electron chi connectivity index (χ3n) is 5.91. The Bertz CT molecular complexity index is 489. The molecular formula is C17H25Br2ClO2. The molecule has 2 aliphatic carbocycles. The molecular weight excluding hydrogens is 431 g/mol. The van der Waals surface area contributed by atoms with Gasteiger partial charge in [-0.2, -0.15) is 0 Å². The van der Waals surface area contributed by atoms with E-state index in [4.69, 9.17) is 16.3 Å². The summed E-state index contributed by atoms with van der Waals surface area (Å²) in [5.74, 6) is -0.235. The third-order valence-corrected chi connectivity index (χ3v) is 9.50. The molecule has 22 heavy (non-hydrogen) atoms. The molecule has 0 aromatic heterocycles. The van der Waals surface area contributed by atoms with E-state index in [1.165, 1.54) is 12.5 Å². The van der Waals surface area contributed by atoms with Crippen molar-refractivity contribution in [2.24, 2.45) is 10.8 Å². The summed E-state index contributed by atoms with van der Waals surface area (Å²) in [6.45, 7) is 12.5. The van der Waals surface area contributed by atoms with Crippen LogP contribution in [0.1, 0.15) is 53.4 Å². The number of esters is 1. The lowest BCUT2D eigenvalue weighted by molar-refractivity contribution is -0.150. The first-order chi connectivity index (χ1) is 9.94. The maximum Gasteiger partial charge on any atom is 0.302 e. The second-order valence-corrected chi connectivity index (χ2v) is 10.9. The molecule has 1 spiro atoms. The van der Waals surface area contributed by atoms with Gasteiger partial charge in [0.05, 0.1) is 4.83 Å². The highest BCUT2D eigenvalue weighted by Gasteiger charge is 2.60. The number of halogens is 3. The van der Waals surface area contributed by atoms with Crippen LogP contribution in [0.15, 0.2) is 12.2 Å². The lowest BCUT2D eigenvalue weighted by Crippen LogP contribution is -2.58. The molecule has 0 aromatic rings. The van der Waals surface area contributed by atoms with Gasteiger partial charge in [-0.1, -0.05) is 57.9 Å². The summed E-state index contributed by atoms with van der Waals surface area (Å²) in [5, 5.41) is 0.0576. The van der Waals surface area contributed by atoms with Crippen molar-refractivity contribution in [3.05, 3.63) is 12.2 Å². The fourth-order valence-electron chi connectivity index (χ4n) is 4.18. The Balaban J connectivity index is 2.34. The highest BCUT2D eigenvalue weighted by atomic mass is 79.9. The Morgan fingerprint density at radius 1 is 1.36 bits per heavy atom. The van der Waals surface area contributed by atoms with E-state index in [0.717, 1.165) is 19.3 Å². The Labute approximate surface area is 155 Å². The van der Waals surface area contributed by atoms with E-state index in [1.54, 1.807) is 0 Å². The normalized spacial score (nSPS) is 44.9. The molecule has 5 heteroatoms. The quantitative estimate of drug-likeness (QED) is 0.292. The Morgan fingerprint density at radius 3 is 2.45 bits per heavy atom. The molecule has 2 nitrogen and oxygen atoms in total. The zero-order valence-corrected chi connectivity index (χ0v) is 17.6. The predicted molar refractivity (Wildman–Crippen MR) is 99.1 cm³/mol. The lowest BCUT2D eigenvalue weighted by Gasteiger charge is -2.60. The monoisotopic (exact) mass is 454 g/mol. The van der Waals surface area contributed by atoms with Crippen LogP contribution in [0.2, 0.25) is 0 Å². The topological polar surface area (TPSA) is 26.3 Å². The summed E-state index contributed by atoms with van der Waals surface area (Å²) in [5.41, 5.74) is 1.07. The van der Waals surface area contributed by atoms with Crippen molar-refractivity contribution in [3.8, 4) is 0 Å². The minimum Gasteiger partial charge on any atom is -0.461 e. The number of carbonyl (C=O) groups excluding carboxylic acids is 1. The van der Waals surface area contributed by atoms with Crippen molar-refractivity contribution >= 4 is 49.4 Å². The zero-order chi connectivity index (χ0) is 16.9. The number of rotatable bonds is 1. The van der Waals surface area contributed by atoms with E-state index in [-0.39, 0.29) is 37.4 Å². The van der Waals surface area contributed by atoms with Crippen LogP contribution in [0.5, 0.6) is 0 Å². The van der Waals surface area contributed by atoms with E-state index in [0.29, 0.717) is 6.42 Å². The minimum atomic E-state index is -0.235. The van der Waals surface area contributed by atoms with Crippen LogP contribution >= 0.6 is 43.5 Å². The van der Waals surface area contributed by atoms with Crippen molar-refractivity contribution in [1.29, 1.82) is 0 Å². The van der Waals surface area contributed by atoms with Gasteiger partial charge < -0.3 is 4.74 Å². The van der Waals surface area contributed by atoms with Gasteiger partial charge in [0.1, 0.15) is 6.10 Å². The molecule has 0 aromatic carbocycles. The van der Waals surface area contributed by atoms with Gasteiger partial charge in [-0.25, -0.2) is 0 Å². The van der Waals surface area contributed by atoms with Crippen molar-refractivity contribution < 1.29 is 9.53 Å². The van der Waals surface area contributed by atoms with Gasteiger partial charge in [0.25, 0.3) is 0 Å². The maximum atomic E-state index is 11.4. The van der Waals surface area contributed by atoms with Gasteiger partial charge in [-0.05, 0) is 37.0 Å². The molecule has 0 unspecified atom stereocenters. The summed E-state index contributed by atoms with van der Waals surface area (Å²) in [6, 6.07) is 0. The largest absolute Gasteiger partial charge is 0.461 e. The van der Waals surface area contributed by atoms with Crippen molar-refractivity contribution in [2.75, 3.05) is 0 Å². The molecule has 5 atom stereocenters. The molecule has 0 bridgehead atoms. The number of ether oxygens (including phenoxy) is 1. The van der Waals surface area contributed by atoms with Crippen LogP contribution in [-0.2, 0) is 9.53 Å². The first kappa shape index (κ1) is 18.8. The Kier molecular flexibility index (Phi) is 5.19. The standard InChI is InChI=1S/C17H25Br2ClO2/c1-10-8-12(22-11(2)21)14(18)15(3,4)17(10)7-6-16(5,19)13(20)9-17/h12-14H,1,6-9H2,2-5H3/t12-,13-,14-,16-,17+/m0/s1. The van der Waals surface area contributed by atoms with Gasteiger partial charge in [0.2, 0.25) is 0 Å². The number of alkyl halides is 3. The van der Waals surface area contributed by atoms with E-state index in [1.807, 2.05) is 0 Å². The number of hydrogen-bond acceptors (Lipinski definition) is 2. The summed E-state index contributed by atoms with van der Waals surface area (Å²) < 4.78 is 5.50. The van der Waals surface area contributed by atoms with Gasteiger partial charge in [0, 0.05) is 23.0 Å². The van der Waals surface area contributed by atoms with Crippen LogP contribution in [-0.4, -0.2) is 26.6 Å². The molecule has 2 rings (SSSR count). The fourth-order valence-corrected chi connectivity index (χ4v) is 5.65. The van der Waals surface area contributed by atoms with Gasteiger partial charge in [-0.3, -0.25) is 4.79 Å². The third kappa shape index (κ3) is 2.93. The molecule has 2 saturated carbocycles. The molecule has 0 heterocycles. The van der Waals surface area contributed by atoms with Crippen LogP contribution < -0.4 is 0 Å². The summed E-state index contributed by atoms with van der Waals surface area (Å²) >= 11 is 14.3.